The van der Waals surface area contributed by atoms with Gasteiger partial charge in [-0.3, -0.25) is 4.79 Å². The zero-order valence-corrected chi connectivity index (χ0v) is 20.1. The van der Waals surface area contributed by atoms with E-state index in [0.717, 1.165) is 48.3 Å². The smallest absolute Gasteiger partial charge is 0.235 e. The molecule has 7 nitrogen and oxygen atoms in total. The van der Waals surface area contributed by atoms with Gasteiger partial charge < -0.3 is 14.8 Å². The molecule has 3 aromatic rings. The predicted molar refractivity (Wildman–Crippen MR) is 130 cm³/mol. The lowest BCUT2D eigenvalue weighted by Gasteiger charge is -2.14. The first kappa shape index (κ1) is 22.4. The Morgan fingerprint density at radius 3 is 2.88 bits per heavy atom. The first-order valence-electron chi connectivity index (χ1n) is 10.7. The van der Waals surface area contributed by atoms with Crippen LogP contribution in [0.25, 0.3) is 11.4 Å². The topological polar surface area (TPSA) is 86.8 Å². The zero-order chi connectivity index (χ0) is 22.7. The van der Waals surface area contributed by atoms with Crippen LogP contribution in [0, 0.1) is 11.3 Å². The number of benzene rings is 1. The van der Waals surface area contributed by atoms with Crippen molar-refractivity contribution in [1.82, 2.24) is 14.8 Å². The number of nitrogens with one attached hydrogen (secondary N) is 1. The lowest BCUT2D eigenvalue weighted by atomic mass is 9.96. The van der Waals surface area contributed by atoms with Crippen LogP contribution >= 0.6 is 23.1 Å². The summed E-state index contributed by atoms with van der Waals surface area (Å²) in [5.74, 6) is 0.868. The van der Waals surface area contributed by atoms with Gasteiger partial charge in [0, 0.05) is 36.8 Å². The zero-order valence-electron chi connectivity index (χ0n) is 18.5. The molecule has 2 heterocycles. The van der Waals surface area contributed by atoms with Gasteiger partial charge in [0.05, 0.1) is 11.3 Å². The Balaban J connectivity index is 1.47. The van der Waals surface area contributed by atoms with Crippen molar-refractivity contribution in [2.24, 2.45) is 0 Å². The maximum Gasteiger partial charge on any atom is 0.235 e. The fourth-order valence-electron chi connectivity index (χ4n) is 3.88. The number of anilines is 2. The molecule has 9 heteroatoms. The number of aryl methyl sites for hydroxylation is 1. The molecule has 0 bridgehead atoms. The highest BCUT2D eigenvalue weighted by Gasteiger charge is 2.22. The van der Waals surface area contributed by atoms with E-state index < -0.39 is 0 Å². The van der Waals surface area contributed by atoms with Crippen molar-refractivity contribution < 1.29 is 4.79 Å². The van der Waals surface area contributed by atoms with Crippen molar-refractivity contribution in [3.63, 3.8) is 0 Å². The van der Waals surface area contributed by atoms with Gasteiger partial charge in [0.25, 0.3) is 0 Å². The Morgan fingerprint density at radius 2 is 2.12 bits per heavy atom. The molecule has 4 rings (SSSR count). The molecule has 0 atom stereocenters. The SMILES string of the molecule is CCn1c(SCC(=O)Nc2sc3c(c2C#N)CCCC3)nnc1-c1cccc(N(C)C)c1. The Kier molecular flexibility index (Phi) is 6.82. The minimum Gasteiger partial charge on any atom is -0.378 e. The summed E-state index contributed by atoms with van der Waals surface area (Å²) in [5.41, 5.74) is 3.85. The van der Waals surface area contributed by atoms with Gasteiger partial charge in [-0.15, -0.1) is 21.5 Å². The maximum atomic E-state index is 12.7. The summed E-state index contributed by atoms with van der Waals surface area (Å²) in [6.07, 6.45) is 4.18. The molecular formula is C23H26N6OS2. The minimum absolute atomic E-state index is 0.132. The van der Waals surface area contributed by atoms with Gasteiger partial charge >= 0.3 is 0 Å². The normalized spacial score (nSPS) is 12.8. The number of rotatable bonds is 7. The summed E-state index contributed by atoms with van der Waals surface area (Å²) in [6, 6.07) is 10.5. The highest BCUT2D eigenvalue weighted by molar-refractivity contribution is 7.99. The van der Waals surface area contributed by atoms with Gasteiger partial charge in [-0.25, -0.2) is 0 Å². The number of thioether (sulfide) groups is 1. The standard InChI is InChI=1S/C23H26N6OS2/c1-4-29-21(15-8-7-9-16(12-15)28(2)3)26-27-23(29)31-14-20(30)25-22-18(13-24)17-10-5-6-11-19(17)32-22/h7-9,12H,4-6,10-11,14H2,1-3H3,(H,25,30). The van der Waals surface area contributed by atoms with Crippen LogP contribution in [0.3, 0.4) is 0 Å². The second-order valence-electron chi connectivity index (χ2n) is 7.86. The molecule has 0 spiro atoms. The molecule has 32 heavy (non-hydrogen) atoms. The molecule has 0 radical (unpaired) electrons. The van der Waals surface area contributed by atoms with Gasteiger partial charge in [-0.2, -0.15) is 5.26 Å². The van der Waals surface area contributed by atoms with Gasteiger partial charge in [0.15, 0.2) is 11.0 Å². The third-order valence-electron chi connectivity index (χ3n) is 5.52. The monoisotopic (exact) mass is 466 g/mol. The number of hydrogen-bond donors (Lipinski definition) is 1. The first-order chi connectivity index (χ1) is 15.5. The number of carbonyl (C=O) groups is 1. The molecule has 1 N–H and O–H groups in total. The number of nitriles is 1. The first-order valence-corrected chi connectivity index (χ1v) is 12.5. The van der Waals surface area contributed by atoms with Crippen LogP contribution in [-0.4, -0.2) is 40.5 Å². The second-order valence-corrected chi connectivity index (χ2v) is 9.91. The highest BCUT2D eigenvalue weighted by atomic mass is 32.2. The van der Waals surface area contributed by atoms with E-state index in [1.54, 1.807) is 11.3 Å². The average Bonchev–Trinajstić information content (AvgIpc) is 3.37. The van der Waals surface area contributed by atoms with Gasteiger partial charge in [-0.1, -0.05) is 23.9 Å². The summed E-state index contributed by atoms with van der Waals surface area (Å²) in [5, 5.41) is 22.7. The maximum absolute atomic E-state index is 12.7. The van der Waals surface area contributed by atoms with E-state index in [1.807, 2.05) is 48.7 Å². The van der Waals surface area contributed by atoms with E-state index in [1.165, 1.54) is 16.6 Å². The summed E-state index contributed by atoms with van der Waals surface area (Å²) >= 11 is 2.91. The number of carbonyl (C=O) groups excluding carboxylic acids is 1. The molecule has 1 aromatic carbocycles. The number of amides is 1. The van der Waals surface area contributed by atoms with Crippen molar-refractivity contribution in [2.75, 3.05) is 30.1 Å². The molecule has 0 aliphatic heterocycles. The number of fused-ring (bicyclic) bond motifs is 1. The molecule has 1 amide bonds. The fraction of sp³-hybridized carbons (Fsp3) is 0.391. The van der Waals surface area contributed by atoms with Crippen LogP contribution in [0.4, 0.5) is 10.7 Å². The summed E-state index contributed by atoms with van der Waals surface area (Å²) < 4.78 is 2.03. The summed E-state index contributed by atoms with van der Waals surface area (Å²) in [6.45, 7) is 2.75. The molecule has 1 aliphatic rings. The molecule has 0 saturated heterocycles. The van der Waals surface area contributed by atoms with Crippen LogP contribution in [0.15, 0.2) is 29.4 Å². The van der Waals surface area contributed by atoms with E-state index in [9.17, 15) is 10.1 Å². The van der Waals surface area contributed by atoms with E-state index in [2.05, 4.69) is 27.6 Å². The Morgan fingerprint density at radius 1 is 1.31 bits per heavy atom. The number of thiophene rings is 1. The predicted octanol–water partition coefficient (Wildman–Crippen LogP) is 4.57. The largest absolute Gasteiger partial charge is 0.378 e. The van der Waals surface area contributed by atoms with Crippen LogP contribution < -0.4 is 10.2 Å². The third-order valence-corrected chi connectivity index (χ3v) is 7.70. The lowest BCUT2D eigenvalue weighted by molar-refractivity contribution is -0.113. The number of aromatic nitrogens is 3. The van der Waals surface area contributed by atoms with E-state index in [0.29, 0.717) is 22.3 Å². The summed E-state index contributed by atoms with van der Waals surface area (Å²) in [7, 11) is 4.01. The van der Waals surface area contributed by atoms with Crippen molar-refractivity contribution in [1.29, 1.82) is 5.26 Å². The van der Waals surface area contributed by atoms with Crippen molar-refractivity contribution >= 4 is 39.7 Å². The quantitative estimate of drug-likeness (QED) is 0.513. The van der Waals surface area contributed by atoms with Crippen molar-refractivity contribution in [3.8, 4) is 17.5 Å². The molecule has 0 saturated carbocycles. The molecular weight excluding hydrogens is 440 g/mol. The molecule has 0 unspecified atom stereocenters. The van der Waals surface area contributed by atoms with E-state index in [-0.39, 0.29) is 11.7 Å². The number of nitrogens with zero attached hydrogens (tertiary/aromatic N) is 5. The average molecular weight is 467 g/mol. The lowest BCUT2D eigenvalue weighted by Crippen LogP contribution is -2.14. The van der Waals surface area contributed by atoms with Gasteiger partial charge in [-0.05, 0) is 50.3 Å². The fourth-order valence-corrected chi connectivity index (χ4v) is 5.94. The van der Waals surface area contributed by atoms with Gasteiger partial charge in [0.2, 0.25) is 5.91 Å². The molecule has 0 fully saturated rings. The van der Waals surface area contributed by atoms with Crippen LogP contribution in [0.1, 0.15) is 35.8 Å². The van der Waals surface area contributed by atoms with Crippen LogP contribution in [0.2, 0.25) is 0 Å². The molecule has 166 valence electrons. The Labute approximate surface area is 196 Å². The van der Waals surface area contributed by atoms with Crippen molar-refractivity contribution in [2.45, 2.75) is 44.3 Å². The Bertz CT molecular complexity index is 1170. The highest BCUT2D eigenvalue weighted by Crippen LogP contribution is 2.37. The number of hydrogen-bond acceptors (Lipinski definition) is 7. The summed E-state index contributed by atoms with van der Waals surface area (Å²) in [4.78, 5) is 16.0. The van der Waals surface area contributed by atoms with E-state index in [4.69, 9.17) is 0 Å². The molecule has 1 aliphatic carbocycles. The second kappa shape index (κ2) is 9.76. The third kappa shape index (κ3) is 4.52. The van der Waals surface area contributed by atoms with Crippen LogP contribution in [0.5, 0.6) is 0 Å². The van der Waals surface area contributed by atoms with Gasteiger partial charge in [0.1, 0.15) is 11.1 Å². The van der Waals surface area contributed by atoms with Crippen LogP contribution in [-0.2, 0) is 24.2 Å². The Hall–Kier alpha value is -2.83. The minimum atomic E-state index is -0.132. The van der Waals surface area contributed by atoms with Crippen molar-refractivity contribution in [3.05, 3.63) is 40.3 Å². The molecule has 2 aromatic heterocycles. The van der Waals surface area contributed by atoms with E-state index >= 15 is 0 Å².